The van der Waals surface area contributed by atoms with Gasteiger partial charge in [0.25, 0.3) is 5.69 Å². The zero-order chi connectivity index (χ0) is 14.4. The molecule has 100 valence electrons. The van der Waals surface area contributed by atoms with Crippen LogP contribution in [0.3, 0.4) is 0 Å². The van der Waals surface area contributed by atoms with E-state index in [1.165, 1.54) is 6.07 Å². The molecule has 2 aromatic rings. The zero-order valence-electron chi connectivity index (χ0n) is 10.7. The summed E-state index contributed by atoms with van der Waals surface area (Å²) < 4.78 is 5.53. The summed E-state index contributed by atoms with van der Waals surface area (Å²) in [7, 11) is 0. The number of nitro groups is 1. The van der Waals surface area contributed by atoms with Gasteiger partial charge < -0.3 is 4.74 Å². The summed E-state index contributed by atoms with van der Waals surface area (Å²) in [6, 6.07) is 15.7. The molecular weight excluding hydrogens is 256 g/mol. The fraction of sp³-hybridized carbons (Fsp3) is 0.133. The molecule has 0 heterocycles. The Morgan fingerprint density at radius 1 is 1.15 bits per heavy atom. The second-order valence-corrected chi connectivity index (χ2v) is 4.15. The van der Waals surface area contributed by atoms with E-state index in [1.54, 1.807) is 42.5 Å². The van der Waals surface area contributed by atoms with Crippen molar-refractivity contribution in [3.8, 4) is 11.8 Å². The van der Waals surface area contributed by atoms with E-state index < -0.39 is 4.92 Å². The third-order valence-corrected chi connectivity index (χ3v) is 2.79. The Kier molecular flexibility index (Phi) is 4.30. The SMILES string of the molecule is N#CCc1ccc(OCc2ccccc2[N+](=O)[O-])cc1. The van der Waals surface area contributed by atoms with Gasteiger partial charge in [0.15, 0.2) is 0 Å². The predicted molar refractivity (Wildman–Crippen MR) is 73.2 cm³/mol. The Morgan fingerprint density at radius 2 is 1.85 bits per heavy atom. The lowest BCUT2D eigenvalue weighted by atomic mass is 10.1. The number of benzene rings is 2. The van der Waals surface area contributed by atoms with Crippen LogP contribution < -0.4 is 4.74 Å². The molecule has 0 unspecified atom stereocenters. The zero-order valence-corrected chi connectivity index (χ0v) is 10.7. The smallest absolute Gasteiger partial charge is 0.276 e. The van der Waals surface area contributed by atoms with Crippen molar-refractivity contribution in [3.05, 3.63) is 69.8 Å². The molecule has 0 N–H and O–H groups in total. The van der Waals surface area contributed by atoms with Crippen molar-refractivity contribution in [2.75, 3.05) is 0 Å². The Balaban J connectivity index is 2.05. The summed E-state index contributed by atoms with van der Waals surface area (Å²) in [5, 5.41) is 19.4. The summed E-state index contributed by atoms with van der Waals surface area (Å²) in [6.45, 7) is 0.134. The average molecular weight is 268 g/mol. The van der Waals surface area contributed by atoms with E-state index in [0.29, 0.717) is 17.7 Å². The van der Waals surface area contributed by atoms with E-state index in [1.807, 2.05) is 0 Å². The van der Waals surface area contributed by atoms with Crippen molar-refractivity contribution < 1.29 is 9.66 Å². The Labute approximate surface area is 116 Å². The number of nitrogens with zero attached hydrogens (tertiary/aromatic N) is 2. The molecule has 2 aromatic carbocycles. The van der Waals surface area contributed by atoms with Crippen molar-refractivity contribution >= 4 is 5.69 Å². The highest BCUT2D eigenvalue weighted by Gasteiger charge is 2.12. The molecule has 0 fully saturated rings. The number of ether oxygens (including phenoxy) is 1. The second kappa shape index (κ2) is 6.34. The van der Waals surface area contributed by atoms with Crippen molar-refractivity contribution in [1.29, 1.82) is 5.26 Å². The number of hydrogen-bond acceptors (Lipinski definition) is 4. The molecule has 5 heteroatoms. The summed E-state index contributed by atoms with van der Waals surface area (Å²) in [5.74, 6) is 0.616. The van der Waals surface area contributed by atoms with Crippen molar-refractivity contribution in [2.45, 2.75) is 13.0 Å². The molecule has 0 aliphatic heterocycles. The molecule has 0 aliphatic carbocycles. The van der Waals surface area contributed by atoms with E-state index >= 15 is 0 Å². The molecule has 0 saturated carbocycles. The first-order valence-electron chi connectivity index (χ1n) is 6.01. The fourth-order valence-corrected chi connectivity index (χ4v) is 1.77. The minimum Gasteiger partial charge on any atom is -0.489 e. The van der Waals surface area contributed by atoms with Gasteiger partial charge >= 0.3 is 0 Å². The average Bonchev–Trinajstić information content (AvgIpc) is 2.47. The molecular formula is C15H12N2O3. The van der Waals surface area contributed by atoms with Crippen LogP contribution in [0.5, 0.6) is 5.75 Å². The first-order valence-corrected chi connectivity index (χ1v) is 6.01. The van der Waals surface area contributed by atoms with Crippen LogP contribution in [-0.4, -0.2) is 4.92 Å². The van der Waals surface area contributed by atoms with Crippen LogP contribution in [0.4, 0.5) is 5.69 Å². The fourth-order valence-electron chi connectivity index (χ4n) is 1.77. The van der Waals surface area contributed by atoms with Gasteiger partial charge in [0.1, 0.15) is 12.4 Å². The monoisotopic (exact) mass is 268 g/mol. The van der Waals surface area contributed by atoms with Crippen LogP contribution in [0.2, 0.25) is 0 Å². The molecule has 0 saturated heterocycles. The van der Waals surface area contributed by atoms with Gasteiger partial charge in [0, 0.05) is 6.07 Å². The van der Waals surface area contributed by atoms with E-state index in [9.17, 15) is 10.1 Å². The van der Waals surface area contributed by atoms with Crippen LogP contribution in [0.15, 0.2) is 48.5 Å². The van der Waals surface area contributed by atoms with Gasteiger partial charge in [-0.2, -0.15) is 5.26 Å². The second-order valence-electron chi connectivity index (χ2n) is 4.15. The van der Waals surface area contributed by atoms with Crippen LogP contribution >= 0.6 is 0 Å². The van der Waals surface area contributed by atoms with Crippen molar-refractivity contribution in [3.63, 3.8) is 0 Å². The molecule has 0 bridgehead atoms. The summed E-state index contributed by atoms with van der Waals surface area (Å²) in [6.07, 6.45) is 0.352. The number of rotatable bonds is 5. The van der Waals surface area contributed by atoms with Gasteiger partial charge in [-0.15, -0.1) is 0 Å². The normalized spacial score (nSPS) is 9.75. The molecule has 0 spiro atoms. The summed E-state index contributed by atoms with van der Waals surface area (Å²) in [4.78, 5) is 10.4. The van der Waals surface area contributed by atoms with Gasteiger partial charge in [-0.25, -0.2) is 0 Å². The molecule has 0 atom stereocenters. The van der Waals surface area contributed by atoms with E-state index in [4.69, 9.17) is 10.00 Å². The van der Waals surface area contributed by atoms with Gasteiger partial charge in [-0.3, -0.25) is 10.1 Å². The van der Waals surface area contributed by atoms with E-state index in [-0.39, 0.29) is 12.3 Å². The molecule has 2 rings (SSSR count). The summed E-state index contributed by atoms with van der Waals surface area (Å²) in [5.41, 5.74) is 1.48. The maximum absolute atomic E-state index is 10.9. The van der Waals surface area contributed by atoms with Gasteiger partial charge in [0.05, 0.1) is 23.0 Å². The Bertz CT molecular complexity index is 645. The molecule has 0 radical (unpaired) electrons. The minimum atomic E-state index is -0.422. The van der Waals surface area contributed by atoms with Crippen molar-refractivity contribution in [1.82, 2.24) is 0 Å². The molecule has 20 heavy (non-hydrogen) atoms. The molecule has 0 aromatic heterocycles. The topological polar surface area (TPSA) is 76.2 Å². The molecule has 5 nitrogen and oxygen atoms in total. The van der Waals surface area contributed by atoms with Crippen molar-refractivity contribution in [2.24, 2.45) is 0 Å². The van der Waals surface area contributed by atoms with Gasteiger partial charge in [-0.1, -0.05) is 24.3 Å². The third kappa shape index (κ3) is 3.33. The number of nitro benzene ring substituents is 1. The lowest BCUT2D eigenvalue weighted by molar-refractivity contribution is -0.385. The van der Waals surface area contributed by atoms with Crippen LogP contribution in [0, 0.1) is 21.4 Å². The number of nitriles is 1. The van der Waals surface area contributed by atoms with Gasteiger partial charge in [-0.05, 0) is 23.8 Å². The summed E-state index contributed by atoms with van der Waals surface area (Å²) >= 11 is 0. The highest BCUT2D eigenvalue weighted by atomic mass is 16.6. The van der Waals surface area contributed by atoms with Gasteiger partial charge in [0.2, 0.25) is 0 Å². The molecule has 0 amide bonds. The first-order chi connectivity index (χ1) is 9.70. The maximum atomic E-state index is 10.9. The molecule has 0 aliphatic rings. The Hall–Kier alpha value is -2.87. The van der Waals surface area contributed by atoms with Crippen LogP contribution in [-0.2, 0) is 13.0 Å². The van der Waals surface area contributed by atoms with E-state index in [0.717, 1.165) is 5.56 Å². The highest BCUT2D eigenvalue weighted by Crippen LogP contribution is 2.20. The minimum absolute atomic E-state index is 0.0496. The van der Waals surface area contributed by atoms with Crippen LogP contribution in [0.25, 0.3) is 0 Å². The van der Waals surface area contributed by atoms with E-state index in [2.05, 4.69) is 6.07 Å². The lowest BCUT2D eigenvalue weighted by Crippen LogP contribution is -2.00. The number of para-hydroxylation sites is 1. The quantitative estimate of drug-likeness (QED) is 0.616. The standard InChI is InChI=1S/C15H12N2O3/c16-10-9-12-5-7-14(8-6-12)20-11-13-3-1-2-4-15(13)17(18)19/h1-8H,9,11H2. The van der Waals surface area contributed by atoms with Crippen LogP contribution in [0.1, 0.15) is 11.1 Å². The third-order valence-electron chi connectivity index (χ3n) is 2.79. The highest BCUT2D eigenvalue weighted by molar-refractivity contribution is 5.39. The first kappa shape index (κ1) is 13.6. The Morgan fingerprint density at radius 3 is 2.50 bits per heavy atom. The predicted octanol–water partition coefficient (Wildman–Crippen LogP) is 3.24. The lowest BCUT2D eigenvalue weighted by Gasteiger charge is -2.07. The largest absolute Gasteiger partial charge is 0.489 e. The number of hydrogen-bond donors (Lipinski definition) is 0. The maximum Gasteiger partial charge on any atom is 0.276 e.